The van der Waals surface area contributed by atoms with Crippen LogP contribution in [0, 0.1) is 5.41 Å². The number of aliphatic imine (C=N–C) groups is 1. The number of aromatic hydroxyl groups is 1. The summed E-state index contributed by atoms with van der Waals surface area (Å²) >= 11 is 0. The molecule has 0 saturated carbocycles. The van der Waals surface area contributed by atoms with Crippen molar-refractivity contribution in [1.29, 1.82) is 0 Å². The molecule has 7 nitrogen and oxygen atoms in total. The van der Waals surface area contributed by atoms with E-state index in [0.29, 0.717) is 17.2 Å². The Labute approximate surface area is 156 Å². The van der Waals surface area contributed by atoms with Crippen LogP contribution < -0.4 is 10.5 Å². The van der Waals surface area contributed by atoms with Gasteiger partial charge in [-0.05, 0) is 29.8 Å². The van der Waals surface area contributed by atoms with Crippen LogP contribution in [-0.2, 0) is 15.0 Å². The third-order valence-electron chi connectivity index (χ3n) is 5.20. The van der Waals surface area contributed by atoms with Gasteiger partial charge in [-0.15, -0.1) is 0 Å². The van der Waals surface area contributed by atoms with E-state index >= 15 is 0 Å². The maximum atomic E-state index is 9.99. The largest absolute Gasteiger partial charge is 0.508 e. The van der Waals surface area contributed by atoms with Gasteiger partial charge in [0.05, 0.1) is 18.8 Å². The summed E-state index contributed by atoms with van der Waals surface area (Å²) in [5.74, 6) is 1.17. The van der Waals surface area contributed by atoms with E-state index in [-0.39, 0.29) is 23.8 Å². The Kier molecular flexibility index (Phi) is 3.27. The number of pyridine rings is 1. The van der Waals surface area contributed by atoms with E-state index < -0.39 is 5.54 Å². The second-order valence-corrected chi connectivity index (χ2v) is 7.48. The minimum absolute atomic E-state index is 0.0571. The van der Waals surface area contributed by atoms with E-state index in [1.807, 2.05) is 12.1 Å². The first kappa shape index (κ1) is 16.1. The lowest BCUT2D eigenvalue weighted by Crippen LogP contribution is -2.37. The maximum Gasteiger partial charge on any atom is 0.283 e. The van der Waals surface area contributed by atoms with Crippen molar-refractivity contribution in [2.24, 2.45) is 16.1 Å². The highest BCUT2D eigenvalue weighted by Crippen LogP contribution is 2.51. The monoisotopic (exact) mass is 365 g/mol. The van der Waals surface area contributed by atoms with Gasteiger partial charge in [0.25, 0.3) is 6.02 Å². The van der Waals surface area contributed by atoms with Crippen LogP contribution in [0.25, 0.3) is 6.08 Å². The molecule has 1 saturated heterocycles. The van der Waals surface area contributed by atoms with Gasteiger partial charge >= 0.3 is 0 Å². The van der Waals surface area contributed by atoms with Gasteiger partial charge in [-0.1, -0.05) is 19.1 Å². The second-order valence-electron chi connectivity index (χ2n) is 7.48. The number of nitrogens with two attached hydrogens (primary N) is 1. The van der Waals surface area contributed by atoms with Crippen LogP contribution in [0.4, 0.5) is 0 Å². The fraction of sp³-hybridized carbons (Fsp3) is 0.300. The number of benzene rings is 1. The zero-order chi connectivity index (χ0) is 18.6. The Bertz CT molecular complexity index is 997. The minimum atomic E-state index is -0.883. The molecule has 138 valence electrons. The molecule has 1 spiro atoms. The van der Waals surface area contributed by atoms with Crippen LogP contribution in [-0.4, -0.2) is 35.9 Å². The number of amidine groups is 1. The van der Waals surface area contributed by atoms with Gasteiger partial charge in [-0.3, -0.25) is 0 Å². The standard InChI is InChI=1S/C20H19N3O4/c1-19(9-25-10-19)5-4-12-6-15-17(22-8-12)27-16-3-2-13(24)7-14(16)20(15)11-26-18(21)23-20/h2-8,24H,9-11H2,1H3,(H2,21,23)/b5-4+/t20-/m0/s1. The number of aromatic nitrogens is 1. The highest BCUT2D eigenvalue weighted by atomic mass is 16.5. The summed E-state index contributed by atoms with van der Waals surface area (Å²) in [7, 11) is 0. The first-order chi connectivity index (χ1) is 13.0. The first-order valence-corrected chi connectivity index (χ1v) is 8.75. The lowest BCUT2D eigenvalue weighted by molar-refractivity contribution is -0.0703. The first-order valence-electron chi connectivity index (χ1n) is 8.75. The van der Waals surface area contributed by atoms with E-state index in [0.717, 1.165) is 24.3 Å². The SMILES string of the molecule is CC1(/C=C/c2cnc3c(c2)[C@]2(COC(N)=N2)c2cc(O)ccc2O3)COC1. The fourth-order valence-corrected chi connectivity index (χ4v) is 3.64. The zero-order valence-corrected chi connectivity index (χ0v) is 14.8. The Morgan fingerprint density at radius 2 is 2.04 bits per heavy atom. The Balaban J connectivity index is 1.63. The predicted octanol–water partition coefficient (Wildman–Crippen LogP) is 2.53. The van der Waals surface area contributed by atoms with E-state index in [9.17, 15) is 5.11 Å². The molecule has 0 aliphatic carbocycles. The van der Waals surface area contributed by atoms with Crippen LogP contribution in [0.1, 0.15) is 23.6 Å². The highest BCUT2D eigenvalue weighted by molar-refractivity contribution is 5.77. The molecule has 1 atom stereocenters. The summed E-state index contributed by atoms with van der Waals surface area (Å²) in [4.78, 5) is 9.07. The molecule has 0 unspecified atom stereocenters. The summed E-state index contributed by atoms with van der Waals surface area (Å²) in [5.41, 5.74) is 7.42. The molecule has 0 bridgehead atoms. The summed E-state index contributed by atoms with van der Waals surface area (Å²) in [5, 5.41) is 9.99. The van der Waals surface area contributed by atoms with E-state index in [4.69, 9.17) is 19.9 Å². The molecule has 1 fully saturated rings. The molecule has 7 heteroatoms. The van der Waals surface area contributed by atoms with Crippen molar-refractivity contribution in [2.75, 3.05) is 19.8 Å². The quantitative estimate of drug-likeness (QED) is 0.848. The fourth-order valence-electron chi connectivity index (χ4n) is 3.64. The normalized spacial score (nSPS) is 24.6. The van der Waals surface area contributed by atoms with Crippen LogP contribution >= 0.6 is 0 Å². The summed E-state index contributed by atoms with van der Waals surface area (Å²) in [6.07, 6.45) is 5.93. The average Bonchev–Trinajstić information content (AvgIpc) is 3.02. The number of hydrogen-bond donors (Lipinski definition) is 2. The predicted molar refractivity (Wildman–Crippen MR) is 98.7 cm³/mol. The molecular weight excluding hydrogens is 346 g/mol. The summed E-state index contributed by atoms with van der Waals surface area (Å²) in [6.45, 7) is 3.82. The Morgan fingerprint density at radius 3 is 2.74 bits per heavy atom. The number of hydrogen-bond acceptors (Lipinski definition) is 7. The average molecular weight is 365 g/mol. The molecule has 1 aromatic heterocycles. The molecular formula is C20H19N3O4. The van der Waals surface area contributed by atoms with Gasteiger partial charge in [0.15, 0.2) is 5.54 Å². The van der Waals surface area contributed by atoms with Gasteiger partial charge < -0.3 is 25.1 Å². The molecule has 2 aromatic rings. The van der Waals surface area contributed by atoms with E-state index in [2.05, 4.69) is 23.0 Å². The topological polar surface area (TPSA) is 99.2 Å². The van der Waals surface area contributed by atoms with Crippen molar-refractivity contribution in [3.63, 3.8) is 0 Å². The zero-order valence-electron chi connectivity index (χ0n) is 14.8. The van der Waals surface area contributed by atoms with E-state index in [1.165, 1.54) is 0 Å². The molecule has 3 aliphatic rings. The number of rotatable bonds is 2. The van der Waals surface area contributed by atoms with Gasteiger partial charge in [-0.2, -0.15) is 0 Å². The van der Waals surface area contributed by atoms with Crippen LogP contribution in [0.2, 0.25) is 0 Å². The Morgan fingerprint density at radius 1 is 1.19 bits per heavy atom. The summed E-state index contributed by atoms with van der Waals surface area (Å²) in [6, 6.07) is 7.00. The molecule has 0 amide bonds. The lowest BCUT2D eigenvalue weighted by atomic mass is 9.81. The highest BCUT2D eigenvalue weighted by Gasteiger charge is 2.47. The van der Waals surface area contributed by atoms with Gasteiger partial charge in [0.2, 0.25) is 5.88 Å². The maximum absolute atomic E-state index is 9.99. The van der Waals surface area contributed by atoms with Crippen LogP contribution in [0.15, 0.2) is 41.5 Å². The third-order valence-corrected chi connectivity index (χ3v) is 5.20. The van der Waals surface area contributed by atoms with Crippen molar-refractivity contribution in [3.05, 3.63) is 53.2 Å². The van der Waals surface area contributed by atoms with Gasteiger partial charge in [0.1, 0.15) is 18.1 Å². The molecule has 27 heavy (non-hydrogen) atoms. The summed E-state index contributed by atoms with van der Waals surface area (Å²) < 4.78 is 16.8. The minimum Gasteiger partial charge on any atom is -0.508 e. The van der Waals surface area contributed by atoms with E-state index in [1.54, 1.807) is 24.4 Å². The molecule has 0 radical (unpaired) electrons. The third kappa shape index (κ3) is 2.46. The van der Waals surface area contributed by atoms with Crippen molar-refractivity contribution in [1.82, 2.24) is 4.98 Å². The molecule has 5 rings (SSSR count). The molecule has 1 aromatic carbocycles. The van der Waals surface area contributed by atoms with Crippen molar-refractivity contribution in [2.45, 2.75) is 12.5 Å². The number of phenolic OH excluding ortho intramolecular Hbond substituents is 1. The van der Waals surface area contributed by atoms with Crippen molar-refractivity contribution >= 4 is 12.1 Å². The van der Waals surface area contributed by atoms with Crippen LogP contribution in [0.5, 0.6) is 17.4 Å². The smallest absolute Gasteiger partial charge is 0.283 e. The number of nitrogens with zero attached hydrogens (tertiary/aromatic N) is 2. The number of phenols is 1. The van der Waals surface area contributed by atoms with Gasteiger partial charge in [0, 0.05) is 17.2 Å². The number of ether oxygens (including phenoxy) is 3. The Hall–Kier alpha value is -3.06. The van der Waals surface area contributed by atoms with Crippen molar-refractivity contribution < 1.29 is 19.3 Å². The van der Waals surface area contributed by atoms with Crippen LogP contribution in [0.3, 0.4) is 0 Å². The number of fused-ring (bicyclic) bond motifs is 4. The molecule has 3 N–H and O–H groups in total. The second kappa shape index (κ2) is 5.47. The molecule has 4 heterocycles. The van der Waals surface area contributed by atoms with Crippen molar-refractivity contribution in [3.8, 4) is 17.4 Å². The molecule has 3 aliphatic heterocycles. The van der Waals surface area contributed by atoms with Gasteiger partial charge in [-0.25, -0.2) is 9.98 Å². The lowest BCUT2D eigenvalue weighted by Gasteiger charge is -2.35.